The summed E-state index contributed by atoms with van der Waals surface area (Å²) in [4.78, 5) is 5.00. The van der Waals surface area contributed by atoms with Gasteiger partial charge in [-0.3, -0.25) is 0 Å². The molecule has 2 unspecified atom stereocenters. The van der Waals surface area contributed by atoms with E-state index in [9.17, 15) is 0 Å². The van der Waals surface area contributed by atoms with Gasteiger partial charge in [-0.1, -0.05) is 68.6 Å². The topological polar surface area (TPSA) is 6.48 Å². The quantitative estimate of drug-likeness (QED) is 0.557. The van der Waals surface area contributed by atoms with Gasteiger partial charge in [0.15, 0.2) is 0 Å². The molecule has 2 heterocycles. The van der Waals surface area contributed by atoms with Gasteiger partial charge in [-0.15, -0.1) is 0 Å². The summed E-state index contributed by atoms with van der Waals surface area (Å²) in [6.45, 7) is 7.90. The van der Waals surface area contributed by atoms with E-state index in [0.29, 0.717) is 11.3 Å². The van der Waals surface area contributed by atoms with Crippen LogP contribution in [-0.2, 0) is 0 Å². The Hall–Kier alpha value is -1.79. The summed E-state index contributed by atoms with van der Waals surface area (Å²) in [5, 5.41) is 0. The predicted molar refractivity (Wildman–Crippen MR) is 117 cm³/mol. The van der Waals surface area contributed by atoms with Crippen molar-refractivity contribution in [1.82, 2.24) is 9.80 Å². The zero-order chi connectivity index (χ0) is 18.9. The molecule has 0 bridgehead atoms. The first-order valence-corrected chi connectivity index (χ1v) is 11.7. The van der Waals surface area contributed by atoms with Crippen LogP contribution in [0.25, 0.3) is 0 Å². The maximum absolute atomic E-state index is 2.55. The molecule has 3 atom stereocenters. The molecule has 142 valence electrons. The van der Waals surface area contributed by atoms with Gasteiger partial charge in [-0.2, -0.15) is 0 Å². The van der Waals surface area contributed by atoms with Gasteiger partial charge in [-0.05, 0) is 44.7 Å². The van der Waals surface area contributed by atoms with Crippen LogP contribution in [-0.4, -0.2) is 28.3 Å². The predicted octanol–water partition coefficient (Wildman–Crippen LogP) is 6.55. The van der Waals surface area contributed by atoms with E-state index in [1.54, 1.807) is 0 Å². The summed E-state index contributed by atoms with van der Waals surface area (Å²) in [6, 6.07) is 22.5. The van der Waals surface area contributed by atoms with Crippen molar-refractivity contribution in [1.29, 1.82) is 0 Å². The van der Waals surface area contributed by atoms with Crippen molar-refractivity contribution in [3.05, 3.63) is 84.2 Å². The van der Waals surface area contributed by atoms with Crippen LogP contribution in [0.5, 0.6) is 0 Å². The van der Waals surface area contributed by atoms with Crippen molar-refractivity contribution in [3.8, 4) is 0 Å². The fourth-order valence-corrected chi connectivity index (χ4v) is 7.83. The Morgan fingerprint density at radius 1 is 0.815 bits per heavy atom. The Morgan fingerprint density at radius 3 is 1.78 bits per heavy atom. The van der Waals surface area contributed by atoms with E-state index in [-0.39, 0.29) is 13.5 Å². The maximum Gasteiger partial charge on any atom is 0.0902 e. The van der Waals surface area contributed by atoms with Crippen molar-refractivity contribution >= 4 is 7.92 Å². The Balaban J connectivity index is 1.57. The van der Waals surface area contributed by atoms with Gasteiger partial charge < -0.3 is 9.80 Å². The van der Waals surface area contributed by atoms with Crippen LogP contribution in [0.15, 0.2) is 73.1 Å². The number of hydrogen-bond donors (Lipinski definition) is 0. The van der Waals surface area contributed by atoms with Crippen LogP contribution in [0.1, 0.15) is 56.1 Å². The molecular weight excluding hydrogens is 347 g/mol. The molecular formula is C24H31N2P. The van der Waals surface area contributed by atoms with E-state index in [2.05, 4.69) is 104 Å². The van der Waals surface area contributed by atoms with Crippen LogP contribution >= 0.6 is 7.92 Å². The molecule has 0 spiro atoms. The van der Waals surface area contributed by atoms with E-state index in [4.69, 9.17) is 0 Å². The molecule has 0 aromatic heterocycles. The number of nitrogens with zero attached hydrogens (tertiary/aromatic N) is 2. The van der Waals surface area contributed by atoms with Crippen molar-refractivity contribution in [2.24, 2.45) is 0 Å². The molecule has 27 heavy (non-hydrogen) atoms. The Kier molecular flexibility index (Phi) is 5.28. The van der Waals surface area contributed by atoms with Gasteiger partial charge >= 0.3 is 0 Å². The van der Waals surface area contributed by atoms with Gasteiger partial charge in [0.25, 0.3) is 0 Å². The minimum Gasteiger partial charge on any atom is -0.354 e. The van der Waals surface area contributed by atoms with Crippen LogP contribution < -0.4 is 0 Å². The van der Waals surface area contributed by atoms with Gasteiger partial charge in [-0.25, -0.2) is 0 Å². The molecule has 0 radical (unpaired) electrons. The lowest BCUT2D eigenvalue weighted by Crippen LogP contribution is -2.39. The van der Waals surface area contributed by atoms with Crippen molar-refractivity contribution < 1.29 is 0 Å². The lowest BCUT2D eigenvalue weighted by Gasteiger charge is -2.35. The minimum absolute atomic E-state index is 0.142. The Bertz CT molecular complexity index is 718. The average molecular weight is 379 g/mol. The maximum atomic E-state index is 2.55. The molecule has 2 aromatic rings. The highest BCUT2D eigenvalue weighted by Gasteiger charge is 2.38. The largest absolute Gasteiger partial charge is 0.354 e. The molecule has 0 N–H and O–H groups in total. The van der Waals surface area contributed by atoms with E-state index < -0.39 is 0 Å². The second-order valence-electron chi connectivity index (χ2n) is 8.75. The first-order valence-electron chi connectivity index (χ1n) is 10.1. The number of rotatable bonds is 4. The van der Waals surface area contributed by atoms with Crippen LogP contribution in [0.4, 0.5) is 0 Å². The highest BCUT2D eigenvalue weighted by atomic mass is 31.1. The second kappa shape index (κ2) is 7.68. The van der Waals surface area contributed by atoms with Crippen LogP contribution in [0.2, 0.25) is 0 Å². The molecule has 2 aromatic carbocycles. The summed E-state index contributed by atoms with van der Waals surface area (Å²) in [5.74, 6) is 0. The van der Waals surface area contributed by atoms with Crippen LogP contribution in [0, 0.1) is 0 Å². The Morgan fingerprint density at radius 2 is 1.33 bits per heavy atom. The van der Waals surface area contributed by atoms with E-state index in [0.717, 1.165) is 6.67 Å². The van der Waals surface area contributed by atoms with Crippen molar-refractivity contribution in [2.45, 2.75) is 50.5 Å². The summed E-state index contributed by atoms with van der Waals surface area (Å²) in [6.07, 6.45) is 8.42. The summed E-state index contributed by atoms with van der Waals surface area (Å²) < 4.78 is 0. The highest BCUT2D eigenvalue weighted by Crippen LogP contribution is 2.70. The Labute approximate surface area is 165 Å². The second-order valence-corrected chi connectivity index (χ2v) is 11.3. The highest BCUT2D eigenvalue weighted by molar-refractivity contribution is 7.58. The molecule has 1 fully saturated rings. The first-order chi connectivity index (χ1) is 13.0. The molecule has 2 nitrogen and oxygen atoms in total. The fourth-order valence-electron chi connectivity index (χ4n) is 4.33. The van der Waals surface area contributed by atoms with Gasteiger partial charge in [0, 0.05) is 35.5 Å². The molecule has 1 saturated heterocycles. The molecule has 0 aliphatic carbocycles. The van der Waals surface area contributed by atoms with E-state index in [1.807, 2.05) is 0 Å². The third-order valence-corrected chi connectivity index (χ3v) is 9.28. The number of hydrogen-bond acceptors (Lipinski definition) is 2. The normalized spacial score (nSPS) is 25.4. The molecule has 2 aliphatic heterocycles. The standard InChI is InChI=1S/C24H31N2P/c1-24(2,3)26-17-16-25(18-26)19-27-22(20-10-6-4-7-11-20)14-15-23(27)21-12-8-5-9-13-21/h4-13,16-17,22-23H,14-15,18-19H2,1-3H3/t22-,23?,27?/m0/s1. The SMILES string of the molecule is CC(C)(C)N1C=CN(CP2C(c3ccccc3)CC[C@H]2c2ccccc2)C1. The molecule has 4 rings (SSSR count). The average Bonchev–Trinajstić information content (AvgIpc) is 3.31. The van der Waals surface area contributed by atoms with Gasteiger partial charge in [0.2, 0.25) is 0 Å². The molecule has 3 heteroatoms. The van der Waals surface area contributed by atoms with Crippen LogP contribution in [0.3, 0.4) is 0 Å². The van der Waals surface area contributed by atoms with Gasteiger partial charge in [0.05, 0.1) is 6.67 Å². The third-order valence-electron chi connectivity index (χ3n) is 5.88. The number of benzene rings is 2. The minimum atomic E-state index is -0.142. The smallest absolute Gasteiger partial charge is 0.0902 e. The zero-order valence-electron chi connectivity index (χ0n) is 16.8. The first kappa shape index (κ1) is 18.6. The fraction of sp³-hybridized carbons (Fsp3) is 0.417. The van der Waals surface area contributed by atoms with Crippen molar-refractivity contribution in [3.63, 3.8) is 0 Å². The zero-order valence-corrected chi connectivity index (χ0v) is 17.6. The summed E-state index contributed by atoms with van der Waals surface area (Å²) >= 11 is 0. The van der Waals surface area contributed by atoms with Crippen molar-refractivity contribution in [2.75, 3.05) is 13.0 Å². The summed E-state index contributed by atoms with van der Waals surface area (Å²) in [7, 11) is -0.142. The molecule has 0 amide bonds. The van der Waals surface area contributed by atoms with E-state index >= 15 is 0 Å². The van der Waals surface area contributed by atoms with Gasteiger partial charge in [0.1, 0.15) is 0 Å². The van der Waals surface area contributed by atoms with E-state index in [1.165, 1.54) is 30.3 Å². The monoisotopic (exact) mass is 378 g/mol. The molecule has 0 saturated carbocycles. The third kappa shape index (κ3) is 4.06. The summed E-state index contributed by atoms with van der Waals surface area (Å²) in [5.41, 5.74) is 4.69. The lowest BCUT2D eigenvalue weighted by atomic mass is 10.0. The molecule has 2 aliphatic rings. The lowest BCUT2D eigenvalue weighted by molar-refractivity contribution is 0.171.